The van der Waals surface area contributed by atoms with E-state index >= 15 is 0 Å². The summed E-state index contributed by atoms with van der Waals surface area (Å²) in [6.45, 7) is 3.47. The predicted molar refractivity (Wildman–Crippen MR) is 86.0 cm³/mol. The van der Waals surface area contributed by atoms with Gasteiger partial charge in [-0.25, -0.2) is 5.01 Å². The number of rotatable bonds is 1. The van der Waals surface area contributed by atoms with Crippen molar-refractivity contribution in [3.05, 3.63) is 0 Å². The molecule has 0 aromatic heterocycles. The Morgan fingerprint density at radius 2 is 1.20 bits per heavy atom. The van der Waals surface area contributed by atoms with Gasteiger partial charge in [-0.05, 0) is 32.6 Å². The lowest BCUT2D eigenvalue weighted by Crippen LogP contribution is -2.56. The minimum absolute atomic E-state index is 0.501. The molecule has 1 aliphatic heterocycles. The van der Waals surface area contributed by atoms with Gasteiger partial charge < -0.3 is 0 Å². The zero-order valence-electron chi connectivity index (χ0n) is 13.5. The first-order chi connectivity index (χ1) is 9.79. The van der Waals surface area contributed by atoms with Gasteiger partial charge in [-0.1, -0.05) is 57.8 Å². The second kappa shape index (κ2) is 9.01. The molecule has 118 valence electrons. The molecule has 0 bridgehead atoms. The van der Waals surface area contributed by atoms with Crippen LogP contribution in [-0.2, 0) is 0 Å². The topological polar surface area (TPSA) is 32.5 Å². The Labute approximate surface area is 125 Å². The van der Waals surface area contributed by atoms with Crippen LogP contribution < -0.4 is 5.84 Å². The average Bonchev–Trinajstić information content (AvgIpc) is 2.63. The van der Waals surface area contributed by atoms with Gasteiger partial charge in [0.25, 0.3) is 0 Å². The van der Waals surface area contributed by atoms with E-state index in [0.717, 1.165) is 0 Å². The summed E-state index contributed by atoms with van der Waals surface area (Å²) >= 11 is 0. The normalized spacial score (nSPS) is 30.6. The van der Waals surface area contributed by atoms with E-state index in [4.69, 9.17) is 5.84 Å². The predicted octanol–water partition coefficient (Wildman–Crippen LogP) is 4.23. The summed E-state index contributed by atoms with van der Waals surface area (Å²) in [5.74, 6) is 6.48. The van der Waals surface area contributed by atoms with E-state index in [-0.39, 0.29) is 0 Å². The largest absolute Gasteiger partial charge is 0.255 e. The molecule has 0 radical (unpaired) electrons. The fourth-order valence-corrected chi connectivity index (χ4v) is 3.85. The van der Waals surface area contributed by atoms with Crippen LogP contribution in [0, 0.1) is 0 Å². The van der Waals surface area contributed by atoms with Gasteiger partial charge in [-0.15, -0.1) is 0 Å². The highest BCUT2D eigenvalue weighted by Gasteiger charge is 2.26. The summed E-state index contributed by atoms with van der Waals surface area (Å²) in [4.78, 5) is 0. The van der Waals surface area contributed by atoms with E-state index in [1.54, 1.807) is 0 Å². The molecule has 20 heavy (non-hydrogen) atoms. The minimum atomic E-state index is 0.501. The lowest BCUT2D eigenvalue weighted by atomic mass is 10.0. The molecule has 2 rings (SSSR count). The standard InChI is InChI=1S/C17H35N3/c1-16-12-8-6-7-11-15-19(20(16)18)17-13-9-4-2-3-5-10-14-17/h16-17H,2-15,18H2,1H3. The van der Waals surface area contributed by atoms with E-state index in [9.17, 15) is 0 Å². The molecular weight excluding hydrogens is 246 g/mol. The van der Waals surface area contributed by atoms with E-state index < -0.39 is 0 Å². The summed E-state index contributed by atoms with van der Waals surface area (Å²) < 4.78 is 0. The zero-order chi connectivity index (χ0) is 14.2. The fraction of sp³-hybridized carbons (Fsp3) is 1.00. The molecule has 1 atom stereocenters. The van der Waals surface area contributed by atoms with Gasteiger partial charge in [0, 0.05) is 18.6 Å². The minimum Gasteiger partial charge on any atom is -0.255 e. The molecule has 2 fully saturated rings. The van der Waals surface area contributed by atoms with Gasteiger partial charge in [0.05, 0.1) is 0 Å². The SMILES string of the molecule is CC1CCCCCCN(C2CCCCCCCC2)N1N. The van der Waals surface area contributed by atoms with Crippen LogP contribution in [0.25, 0.3) is 0 Å². The quantitative estimate of drug-likeness (QED) is 0.730. The molecule has 1 heterocycles. The van der Waals surface area contributed by atoms with Crippen molar-refractivity contribution in [2.24, 2.45) is 5.84 Å². The number of hydrazine groups is 2. The van der Waals surface area contributed by atoms with Gasteiger partial charge in [-0.2, -0.15) is 5.12 Å². The van der Waals surface area contributed by atoms with Crippen molar-refractivity contribution in [3.8, 4) is 0 Å². The lowest BCUT2D eigenvalue weighted by molar-refractivity contribution is -0.0956. The highest BCUT2D eigenvalue weighted by molar-refractivity contribution is 4.74. The third-order valence-electron chi connectivity index (χ3n) is 5.25. The Kier molecular flexibility index (Phi) is 7.32. The number of hydrogen-bond donors (Lipinski definition) is 1. The van der Waals surface area contributed by atoms with Crippen molar-refractivity contribution in [3.63, 3.8) is 0 Å². The van der Waals surface area contributed by atoms with Crippen LogP contribution in [0.5, 0.6) is 0 Å². The van der Waals surface area contributed by atoms with Crippen LogP contribution in [0.3, 0.4) is 0 Å². The smallest absolute Gasteiger partial charge is 0.0371 e. The van der Waals surface area contributed by atoms with Crippen molar-refractivity contribution >= 4 is 0 Å². The van der Waals surface area contributed by atoms with Crippen LogP contribution in [0.2, 0.25) is 0 Å². The second-order valence-corrected chi connectivity index (χ2v) is 6.95. The molecule has 0 aromatic carbocycles. The maximum Gasteiger partial charge on any atom is 0.0371 e. The molecule has 2 N–H and O–H groups in total. The van der Waals surface area contributed by atoms with Gasteiger partial charge in [0.15, 0.2) is 0 Å². The van der Waals surface area contributed by atoms with Crippen LogP contribution in [-0.4, -0.2) is 28.8 Å². The van der Waals surface area contributed by atoms with Gasteiger partial charge in [0.1, 0.15) is 0 Å². The summed E-state index contributed by atoms with van der Waals surface area (Å²) in [6, 6.07) is 1.19. The molecule has 1 saturated carbocycles. The molecule has 0 amide bonds. The third-order valence-corrected chi connectivity index (χ3v) is 5.25. The van der Waals surface area contributed by atoms with Crippen LogP contribution in [0.15, 0.2) is 0 Å². The summed E-state index contributed by atoms with van der Waals surface area (Å²) in [5, 5.41) is 4.65. The molecule has 0 aromatic rings. The Bertz CT molecular complexity index is 247. The Hall–Kier alpha value is -0.120. The van der Waals surface area contributed by atoms with Crippen LogP contribution in [0.1, 0.15) is 90.4 Å². The van der Waals surface area contributed by atoms with Crippen molar-refractivity contribution in [1.29, 1.82) is 0 Å². The molecule has 3 heteroatoms. The fourth-order valence-electron chi connectivity index (χ4n) is 3.85. The number of hydrogen-bond acceptors (Lipinski definition) is 3. The number of nitrogens with two attached hydrogens (primary N) is 1. The first-order valence-corrected chi connectivity index (χ1v) is 9.09. The highest BCUT2D eigenvalue weighted by Crippen LogP contribution is 2.24. The summed E-state index contributed by atoms with van der Waals surface area (Å²) in [5.41, 5.74) is 0. The Morgan fingerprint density at radius 1 is 0.700 bits per heavy atom. The molecule has 1 unspecified atom stereocenters. The van der Waals surface area contributed by atoms with E-state index in [1.165, 1.54) is 90.0 Å². The average molecular weight is 281 g/mol. The number of nitrogens with zero attached hydrogens (tertiary/aromatic N) is 2. The maximum absolute atomic E-state index is 6.48. The molecule has 1 aliphatic carbocycles. The Balaban J connectivity index is 1.99. The third kappa shape index (κ3) is 5.01. The van der Waals surface area contributed by atoms with Crippen molar-refractivity contribution in [2.75, 3.05) is 6.54 Å². The summed E-state index contributed by atoms with van der Waals surface area (Å²) in [6.07, 6.45) is 17.9. The second-order valence-electron chi connectivity index (χ2n) is 6.95. The Morgan fingerprint density at radius 3 is 1.85 bits per heavy atom. The van der Waals surface area contributed by atoms with Crippen molar-refractivity contribution < 1.29 is 0 Å². The summed E-state index contributed by atoms with van der Waals surface area (Å²) in [7, 11) is 0. The van der Waals surface area contributed by atoms with E-state index in [2.05, 4.69) is 17.1 Å². The molecule has 1 saturated heterocycles. The molecule has 0 spiro atoms. The van der Waals surface area contributed by atoms with E-state index in [1.807, 2.05) is 0 Å². The van der Waals surface area contributed by atoms with Crippen LogP contribution >= 0.6 is 0 Å². The van der Waals surface area contributed by atoms with Crippen molar-refractivity contribution in [2.45, 2.75) is 102 Å². The van der Waals surface area contributed by atoms with Crippen LogP contribution in [0.4, 0.5) is 0 Å². The molecule has 3 nitrogen and oxygen atoms in total. The zero-order valence-corrected chi connectivity index (χ0v) is 13.5. The first-order valence-electron chi connectivity index (χ1n) is 9.09. The van der Waals surface area contributed by atoms with Crippen molar-refractivity contribution in [1.82, 2.24) is 10.1 Å². The molecule has 2 aliphatic rings. The van der Waals surface area contributed by atoms with Gasteiger partial charge in [0.2, 0.25) is 0 Å². The van der Waals surface area contributed by atoms with Gasteiger partial charge >= 0.3 is 0 Å². The lowest BCUT2D eigenvalue weighted by Gasteiger charge is -2.40. The first kappa shape index (κ1) is 16.3. The maximum atomic E-state index is 6.48. The molecular formula is C17H35N3. The highest BCUT2D eigenvalue weighted by atomic mass is 15.8. The van der Waals surface area contributed by atoms with Gasteiger partial charge in [-0.3, -0.25) is 5.84 Å². The van der Waals surface area contributed by atoms with E-state index in [0.29, 0.717) is 12.1 Å². The monoisotopic (exact) mass is 281 g/mol.